The molecule has 0 bridgehead atoms. The van der Waals surface area contributed by atoms with Crippen LogP contribution in [0.3, 0.4) is 0 Å². The maximum absolute atomic E-state index is 12.1. The molecule has 1 aromatic carbocycles. The van der Waals surface area contributed by atoms with E-state index in [2.05, 4.69) is 12.2 Å². The van der Waals surface area contributed by atoms with E-state index in [9.17, 15) is 8.42 Å². The molecule has 1 N–H and O–H groups in total. The van der Waals surface area contributed by atoms with Crippen molar-refractivity contribution in [2.45, 2.75) is 43.2 Å². The van der Waals surface area contributed by atoms with Crippen molar-refractivity contribution in [3.63, 3.8) is 0 Å². The lowest BCUT2D eigenvalue weighted by atomic mass is 10.0. The number of fused-ring (bicyclic) bond motifs is 1. The third-order valence-electron chi connectivity index (χ3n) is 4.29. The first kappa shape index (κ1) is 12.2. The highest BCUT2D eigenvalue weighted by atomic mass is 32.2. The molecule has 0 radical (unpaired) electrons. The molecular formula is C14H19NO2S. The van der Waals surface area contributed by atoms with E-state index in [-0.39, 0.29) is 11.8 Å². The Hall–Kier alpha value is -0.870. The van der Waals surface area contributed by atoms with Crippen molar-refractivity contribution in [3.05, 3.63) is 29.8 Å². The van der Waals surface area contributed by atoms with Gasteiger partial charge in [-0.1, -0.05) is 31.5 Å². The standard InChI is InChI=1S/C14H19NO2S/c1-10-5-4-7-12(10)15-13-9-18(16,17)14-8-3-2-6-11(13)14/h2-3,6,8,10,12-13,15H,4-5,7,9H2,1H3. The van der Waals surface area contributed by atoms with E-state index in [4.69, 9.17) is 0 Å². The van der Waals surface area contributed by atoms with Crippen LogP contribution in [-0.4, -0.2) is 20.2 Å². The molecule has 0 saturated heterocycles. The fourth-order valence-electron chi connectivity index (χ4n) is 3.24. The second-order valence-corrected chi connectivity index (χ2v) is 7.56. The number of rotatable bonds is 2. The van der Waals surface area contributed by atoms with Gasteiger partial charge >= 0.3 is 0 Å². The van der Waals surface area contributed by atoms with E-state index in [0.717, 1.165) is 5.56 Å². The quantitative estimate of drug-likeness (QED) is 0.892. The molecule has 3 rings (SSSR count). The van der Waals surface area contributed by atoms with Crippen LogP contribution in [0, 0.1) is 5.92 Å². The molecule has 1 saturated carbocycles. The number of nitrogens with one attached hydrogen (secondary N) is 1. The van der Waals surface area contributed by atoms with E-state index in [0.29, 0.717) is 16.9 Å². The van der Waals surface area contributed by atoms with Crippen LogP contribution in [0.5, 0.6) is 0 Å². The van der Waals surface area contributed by atoms with Crippen LogP contribution in [0.25, 0.3) is 0 Å². The van der Waals surface area contributed by atoms with Crippen LogP contribution in [0.2, 0.25) is 0 Å². The molecule has 0 amide bonds. The van der Waals surface area contributed by atoms with Crippen molar-refractivity contribution in [2.75, 3.05) is 5.75 Å². The summed E-state index contributed by atoms with van der Waals surface area (Å²) in [7, 11) is -3.08. The predicted octanol–water partition coefficient (Wildman–Crippen LogP) is 2.29. The zero-order valence-corrected chi connectivity index (χ0v) is 11.4. The van der Waals surface area contributed by atoms with Gasteiger partial charge in [-0.3, -0.25) is 0 Å². The first-order valence-corrected chi connectivity index (χ1v) is 8.31. The minimum absolute atomic E-state index is 0.0169. The summed E-state index contributed by atoms with van der Waals surface area (Å²) in [6.07, 6.45) is 3.67. The molecule has 1 aliphatic heterocycles. The Kier molecular flexibility index (Phi) is 2.94. The van der Waals surface area contributed by atoms with Crippen LogP contribution in [-0.2, 0) is 9.84 Å². The Morgan fingerprint density at radius 2 is 2.00 bits per heavy atom. The zero-order valence-electron chi connectivity index (χ0n) is 10.6. The second kappa shape index (κ2) is 4.35. The highest BCUT2D eigenvalue weighted by Gasteiger charge is 2.36. The summed E-state index contributed by atoms with van der Waals surface area (Å²) in [4.78, 5) is 0.521. The summed E-state index contributed by atoms with van der Waals surface area (Å²) < 4.78 is 24.2. The maximum Gasteiger partial charge on any atom is 0.180 e. The molecule has 3 unspecified atom stereocenters. The topological polar surface area (TPSA) is 46.2 Å². The first-order valence-electron chi connectivity index (χ1n) is 6.65. The lowest BCUT2D eigenvalue weighted by molar-refractivity contribution is 0.390. The minimum Gasteiger partial charge on any atom is -0.306 e. The summed E-state index contributed by atoms with van der Waals surface area (Å²) in [5, 5.41) is 3.56. The molecule has 3 atom stereocenters. The Balaban J connectivity index is 1.87. The smallest absolute Gasteiger partial charge is 0.180 e. The van der Waals surface area contributed by atoms with E-state index < -0.39 is 9.84 Å². The molecule has 1 aliphatic carbocycles. The van der Waals surface area contributed by atoms with Gasteiger partial charge in [-0.05, 0) is 30.4 Å². The fraction of sp³-hybridized carbons (Fsp3) is 0.571. The van der Waals surface area contributed by atoms with Crippen molar-refractivity contribution >= 4 is 9.84 Å². The van der Waals surface area contributed by atoms with Gasteiger partial charge in [0.2, 0.25) is 0 Å². The van der Waals surface area contributed by atoms with Gasteiger partial charge in [0, 0.05) is 12.1 Å². The molecular weight excluding hydrogens is 246 g/mol. The highest BCUT2D eigenvalue weighted by Crippen LogP contribution is 2.35. The van der Waals surface area contributed by atoms with Crippen molar-refractivity contribution in [3.8, 4) is 0 Å². The molecule has 4 heteroatoms. The first-order chi connectivity index (χ1) is 8.58. The lowest BCUT2D eigenvalue weighted by Crippen LogP contribution is -2.35. The fourth-order valence-corrected chi connectivity index (χ4v) is 4.99. The Labute approximate surface area is 109 Å². The van der Waals surface area contributed by atoms with Crippen molar-refractivity contribution in [2.24, 2.45) is 5.92 Å². The van der Waals surface area contributed by atoms with Gasteiger partial charge in [-0.2, -0.15) is 0 Å². The SMILES string of the molecule is CC1CCCC1NC1CS(=O)(=O)c2ccccc21. The maximum atomic E-state index is 12.1. The van der Waals surface area contributed by atoms with Crippen LogP contribution in [0.1, 0.15) is 37.8 Å². The van der Waals surface area contributed by atoms with Crippen molar-refractivity contribution < 1.29 is 8.42 Å². The third kappa shape index (κ3) is 1.97. The van der Waals surface area contributed by atoms with Gasteiger partial charge < -0.3 is 5.32 Å². The largest absolute Gasteiger partial charge is 0.306 e. The average Bonchev–Trinajstić information content (AvgIpc) is 2.84. The van der Waals surface area contributed by atoms with Crippen molar-refractivity contribution in [1.82, 2.24) is 5.32 Å². The van der Waals surface area contributed by atoms with E-state index in [1.165, 1.54) is 19.3 Å². The summed E-state index contributed by atoms with van der Waals surface area (Å²) in [6, 6.07) is 7.85. The van der Waals surface area contributed by atoms with E-state index >= 15 is 0 Å². The van der Waals surface area contributed by atoms with Gasteiger partial charge in [-0.15, -0.1) is 0 Å². The number of benzene rings is 1. The number of hydrogen-bond acceptors (Lipinski definition) is 3. The molecule has 1 heterocycles. The number of hydrogen-bond donors (Lipinski definition) is 1. The highest BCUT2D eigenvalue weighted by molar-refractivity contribution is 7.91. The molecule has 3 nitrogen and oxygen atoms in total. The molecule has 18 heavy (non-hydrogen) atoms. The molecule has 98 valence electrons. The van der Waals surface area contributed by atoms with E-state index in [1.54, 1.807) is 12.1 Å². The number of sulfone groups is 1. The van der Waals surface area contributed by atoms with Crippen LogP contribution in [0.15, 0.2) is 29.2 Å². The monoisotopic (exact) mass is 265 g/mol. The van der Waals surface area contributed by atoms with Crippen LogP contribution < -0.4 is 5.32 Å². The third-order valence-corrected chi connectivity index (χ3v) is 6.11. The van der Waals surface area contributed by atoms with Gasteiger partial charge in [0.05, 0.1) is 10.6 Å². The van der Waals surface area contributed by atoms with E-state index in [1.807, 2.05) is 12.1 Å². The summed E-state index contributed by atoms with van der Waals surface area (Å²) in [5.74, 6) is 0.871. The van der Waals surface area contributed by atoms with Gasteiger partial charge in [0.1, 0.15) is 0 Å². The zero-order chi connectivity index (χ0) is 12.8. The molecule has 2 aliphatic rings. The predicted molar refractivity (Wildman–Crippen MR) is 71.2 cm³/mol. The van der Waals surface area contributed by atoms with Crippen molar-refractivity contribution in [1.29, 1.82) is 0 Å². The molecule has 0 aromatic heterocycles. The minimum atomic E-state index is -3.08. The van der Waals surface area contributed by atoms with Gasteiger partial charge in [-0.25, -0.2) is 8.42 Å². The Bertz CT molecular complexity index is 553. The molecule has 0 spiro atoms. The van der Waals surface area contributed by atoms with Gasteiger partial charge in [0.25, 0.3) is 0 Å². The van der Waals surface area contributed by atoms with Gasteiger partial charge in [0.15, 0.2) is 9.84 Å². The molecule has 1 aromatic rings. The molecule has 1 fully saturated rings. The Morgan fingerprint density at radius 1 is 1.22 bits per heavy atom. The summed E-state index contributed by atoms with van der Waals surface area (Å²) in [5.41, 5.74) is 0.955. The average molecular weight is 265 g/mol. The normalized spacial score (nSPS) is 33.5. The summed E-state index contributed by atoms with van der Waals surface area (Å²) >= 11 is 0. The van der Waals surface area contributed by atoms with Crippen LogP contribution >= 0.6 is 0 Å². The van der Waals surface area contributed by atoms with Crippen LogP contribution in [0.4, 0.5) is 0 Å². The lowest BCUT2D eigenvalue weighted by Gasteiger charge is -2.22. The second-order valence-electron chi connectivity index (χ2n) is 5.55. The summed E-state index contributed by atoms with van der Waals surface area (Å²) in [6.45, 7) is 2.25. The Morgan fingerprint density at radius 3 is 2.72 bits per heavy atom.